The molecule has 25 heavy (non-hydrogen) atoms. The first-order valence-corrected chi connectivity index (χ1v) is 8.38. The molecule has 1 aliphatic rings. The Kier molecular flexibility index (Phi) is 4.12. The summed E-state index contributed by atoms with van der Waals surface area (Å²) in [5.41, 5.74) is 0.986. The molecule has 0 aromatic heterocycles. The van der Waals surface area contributed by atoms with Crippen LogP contribution in [-0.2, 0) is 16.1 Å². The molecule has 0 saturated carbocycles. The fraction of sp³-hybridized carbons (Fsp3) is 0.190. The molecule has 1 fully saturated rings. The first kappa shape index (κ1) is 15.7. The number of hydrogen-bond donors (Lipinski definition) is 1. The molecule has 126 valence electrons. The molecule has 3 aromatic rings. The minimum Gasteiger partial charge on any atom is -0.457 e. The van der Waals surface area contributed by atoms with Gasteiger partial charge in [-0.3, -0.25) is 4.79 Å². The third-order valence-corrected chi connectivity index (χ3v) is 4.29. The average molecular weight is 333 g/mol. The quantitative estimate of drug-likeness (QED) is 0.717. The van der Waals surface area contributed by atoms with Crippen LogP contribution in [0.15, 0.2) is 66.7 Å². The van der Waals surface area contributed by atoms with Gasteiger partial charge in [0, 0.05) is 6.54 Å². The third-order valence-electron chi connectivity index (χ3n) is 4.29. The fourth-order valence-electron chi connectivity index (χ4n) is 2.84. The first-order valence-electron chi connectivity index (χ1n) is 8.38. The minimum atomic E-state index is -0.294. The number of benzene rings is 3. The SMILES string of the molecule is C[C@@H]1O[C@H]1C(=O)NCc1cccc(Oc2ccc3ccccc3c2)c1. The molecule has 0 aliphatic carbocycles. The van der Waals surface area contributed by atoms with E-state index in [0.717, 1.165) is 22.4 Å². The predicted molar refractivity (Wildman–Crippen MR) is 96.6 cm³/mol. The monoisotopic (exact) mass is 333 g/mol. The zero-order chi connectivity index (χ0) is 17.2. The summed E-state index contributed by atoms with van der Waals surface area (Å²) in [6.45, 7) is 2.35. The number of ether oxygens (including phenoxy) is 2. The molecule has 0 bridgehead atoms. The number of amides is 1. The topological polar surface area (TPSA) is 50.9 Å². The van der Waals surface area contributed by atoms with E-state index >= 15 is 0 Å². The van der Waals surface area contributed by atoms with Gasteiger partial charge >= 0.3 is 0 Å². The number of hydrogen-bond acceptors (Lipinski definition) is 3. The smallest absolute Gasteiger partial charge is 0.252 e. The van der Waals surface area contributed by atoms with Crippen molar-refractivity contribution in [3.63, 3.8) is 0 Å². The predicted octanol–water partition coefficient (Wildman–Crippen LogP) is 4.04. The Balaban J connectivity index is 1.44. The Morgan fingerprint density at radius 2 is 1.76 bits per heavy atom. The van der Waals surface area contributed by atoms with Crippen molar-refractivity contribution in [3.8, 4) is 11.5 Å². The molecule has 2 atom stereocenters. The van der Waals surface area contributed by atoms with Crippen molar-refractivity contribution in [1.82, 2.24) is 5.32 Å². The van der Waals surface area contributed by atoms with Crippen LogP contribution in [-0.4, -0.2) is 18.1 Å². The molecule has 0 spiro atoms. The molecule has 4 nitrogen and oxygen atoms in total. The number of carbonyl (C=O) groups is 1. The molecule has 1 N–H and O–H groups in total. The van der Waals surface area contributed by atoms with E-state index < -0.39 is 0 Å². The number of carbonyl (C=O) groups excluding carboxylic acids is 1. The van der Waals surface area contributed by atoms with Gasteiger partial charge in [-0.2, -0.15) is 0 Å². The van der Waals surface area contributed by atoms with Crippen molar-refractivity contribution in [1.29, 1.82) is 0 Å². The van der Waals surface area contributed by atoms with Crippen LogP contribution in [0, 0.1) is 0 Å². The van der Waals surface area contributed by atoms with Gasteiger partial charge in [0.05, 0.1) is 6.10 Å². The molecule has 1 amide bonds. The molecule has 0 unspecified atom stereocenters. The second-order valence-corrected chi connectivity index (χ2v) is 6.24. The van der Waals surface area contributed by atoms with Crippen molar-refractivity contribution in [2.24, 2.45) is 0 Å². The lowest BCUT2D eigenvalue weighted by molar-refractivity contribution is -0.122. The van der Waals surface area contributed by atoms with E-state index in [-0.39, 0.29) is 18.1 Å². The molecular formula is C21H19NO3. The number of fused-ring (bicyclic) bond motifs is 1. The molecule has 4 heteroatoms. The second-order valence-electron chi connectivity index (χ2n) is 6.24. The lowest BCUT2D eigenvalue weighted by Gasteiger charge is -2.09. The van der Waals surface area contributed by atoms with Gasteiger partial charge in [0.2, 0.25) is 0 Å². The maximum absolute atomic E-state index is 11.8. The van der Waals surface area contributed by atoms with E-state index in [9.17, 15) is 4.79 Å². The lowest BCUT2D eigenvalue weighted by atomic mass is 10.1. The Bertz CT molecular complexity index is 922. The number of rotatable bonds is 5. The van der Waals surface area contributed by atoms with Crippen LogP contribution in [0.25, 0.3) is 10.8 Å². The molecule has 1 saturated heterocycles. The summed E-state index contributed by atoms with van der Waals surface area (Å²) in [6.07, 6.45) is -0.264. The highest BCUT2D eigenvalue weighted by atomic mass is 16.6. The van der Waals surface area contributed by atoms with Gasteiger partial charge in [-0.05, 0) is 47.5 Å². The summed E-state index contributed by atoms with van der Waals surface area (Å²) in [7, 11) is 0. The maximum Gasteiger partial charge on any atom is 0.252 e. The van der Waals surface area contributed by atoms with E-state index in [2.05, 4.69) is 17.4 Å². The summed E-state index contributed by atoms with van der Waals surface area (Å²) in [4.78, 5) is 11.8. The Hall–Kier alpha value is -2.85. The number of epoxide rings is 1. The van der Waals surface area contributed by atoms with Crippen LogP contribution in [0.4, 0.5) is 0 Å². The van der Waals surface area contributed by atoms with Gasteiger partial charge in [-0.1, -0.05) is 42.5 Å². The third kappa shape index (κ3) is 3.64. The van der Waals surface area contributed by atoms with E-state index in [1.807, 2.05) is 61.5 Å². The van der Waals surface area contributed by atoms with Crippen molar-refractivity contribution >= 4 is 16.7 Å². The van der Waals surface area contributed by atoms with Crippen molar-refractivity contribution in [2.45, 2.75) is 25.7 Å². The van der Waals surface area contributed by atoms with Gasteiger partial charge in [0.25, 0.3) is 5.91 Å². The van der Waals surface area contributed by atoms with Crippen molar-refractivity contribution < 1.29 is 14.3 Å². The maximum atomic E-state index is 11.8. The first-order chi connectivity index (χ1) is 12.2. The van der Waals surface area contributed by atoms with E-state index in [0.29, 0.717) is 6.54 Å². The van der Waals surface area contributed by atoms with Crippen LogP contribution in [0.3, 0.4) is 0 Å². The standard InChI is InChI=1S/C21H19NO3/c1-14-20(24-14)21(23)22-13-15-5-4-8-18(11-15)25-19-10-9-16-6-2-3-7-17(16)12-19/h2-12,14,20H,13H2,1H3,(H,22,23)/t14-,20+/m0/s1. The zero-order valence-corrected chi connectivity index (χ0v) is 13.9. The zero-order valence-electron chi connectivity index (χ0n) is 13.9. The van der Waals surface area contributed by atoms with Gasteiger partial charge in [0.1, 0.15) is 11.5 Å². The van der Waals surface area contributed by atoms with Gasteiger partial charge in [-0.25, -0.2) is 0 Å². The summed E-state index contributed by atoms with van der Waals surface area (Å²) in [5, 5.41) is 5.21. The molecule has 1 aliphatic heterocycles. The van der Waals surface area contributed by atoms with Crippen LogP contribution < -0.4 is 10.1 Å². The van der Waals surface area contributed by atoms with E-state index in [4.69, 9.17) is 9.47 Å². The van der Waals surface area contributed by atoms with Gasteiger partial charge < -0.3 is 14.8 Å². The van der Waals surface area contributed by atoms with Crippen molar-refractivity contribution in [2.75, 3.05) is 0 Å². The highest BCUT2D eigenvalue weighted by Crippen LogP contribution is 2.26. The summed E-state index contributed by atoms with van der Waals surface area (Å²) >= 11 is 0. The summed E-state index contributed by atoms with van der Waals surface area (Å²) in [5.74, 6) is 1.48. The molecule has 4 rings (SSSR count). The number of nitrogens with one attached hydrogen (secondary N) is 1. The Morgan fingerprint density at radius 3 is 2.56 bits per heavy atom. The van der Waals surface area contributed by atoms with Crippen LogP contribution >= 0.6 is 0 Å². The molecular weight excluding hydrogens is 314 g/mol. The molecule has 0 radical (unpaired) electrons. The van der Waals surface area contributed by atoms with Gasteiger partial charge in [0.15, 0.2) is 6.10 Å². The van der Waals surface area contributed by atoms with Gasteiger partial charge in [-0.15, -0.1) is 0 Å². The normalized spacial score (nSPS) is 18.8. The second kappa shape index (κ2) is 6.57. The van der Waals surface area contributed by atoms with Crippen LogP contribution in [0.5, 0.6) is 11.5 Å². The van der Waals surface area contributed by atoms with Crippen molar-refractivity contribution in [3.05, 3.63) is 72.3 Å². The summed E-state index contributed by atoms with van der Waals surface area (Å²) < 4.78 is 11.1. The minimum absolute atomic E-state index is 0.0302. The molecule has 1 heterocycles. The van der Waals surface area contributed by atoms with Crippen LogP contribution in [0.2, 0.25) is 0 Å². The fourth-order valence-corrected chi connectivity index (χ4v) is 2.84. The molecule has 3 aromatic carbocycles. The Labute approximate surface area is 146 Å². The Morgan fingerprint density at radius 1 is 1.00 bits per heavy atom. The van der Waals surface area contributed by atoms with Crippen LogP contribution in [0.1, 0.15) is 12.5 Å². The lowest BCUT2D eigenvalue weighted by Crippen LogP contribution is -2.28. The highest BCUT2D eigenvalue weighted by molar-refractivity contribution is 5.84. The average Bonchev–Trinajstić information content (AvgIpc) is 3.37. The largest absolute Gasteiger partial charge is 0.457 e. The van der Waals surface area contributed by atoms with E-state index in [1.54, 1.807) is 0 Å². The van der Waals surface area contributed by atoms with E-state index in [1.165, 1.54) is 5.39 Å². The highest BCUT2D eigenvalue weighted by Gasteiger charge is 2.40. The summed E-state index contributed by atoms with van der Waals surface area (Å²) in [6, 6.07) is 21.9.